The zero-order chi connectivity index (χ0) is 11.5. The summed E-state index contributed by atoms with van der Waals surface area (Å²) in [5.74, 6) is 1.03. The first-order chi connectivity index (χ1) is 7.72. The molecule has 0 N–H and O–H groups in total. The van der Waals surface area contributed by atoms with Crippen LogP contribution in [-0.4, -0.2) is 9.78 Å². The van der Waals surface area contributed by atoms with Gasteiger partial charge in [0.1, 0.15) is 0 Å². The van der Waals surface area contributed by atoms with Gasteiger partial charge in [-0.25, -0.2) is 4.68 Å². The fraction of sp³-hybridized carbons (Fsp3) is 0.308. The minimum Gasteiger partial charge on any atom is -0.237 e. The van der Waals surface area contributed by atoms with Crippen LogP contribution in [0, 0.1) is 0 Å². The molecule has 84 valence electrons. The number of nitrogens with zero attached hydrogens (tertiary/aromatic N) is 2. The van der Waals surface area contributed by atoms with Gasteiger partial charge in [0.2, 0.25) is 0 Å². The highest BCUT2D eigenvalue weighted by atomic mass is 35.5. The number of benzene rings is 1. The van der Waals surface area contributed by atoms with Crippen LogP contribution in [0.5, 0.6) is 0 Å². The second kappa shape index (κ2) is 4.71. The molecule has 0 aliphatic rings. The van der Waals surface area contributed by atoms with Gasteiger partial charge in [0.25, 0.3) is 0 Å². The Balaban J connectivity index is 2.35. The molecule has 1 heterocycles. The maximum Gasteiger partial charge on any atom is 0.0649 e. The third kappa shape index (κ3) is 2.12. The molecule has 0 aliphatic heterocycles. The Labute approximate surface area is 101 Å². The van der Waals surface area contributed by atoms with Crippen LogP contribution >= 0.6 is 11.6 Å². The average molecular weight is 235 g/mol. The molecule has 0 atom stereocenters. The van der Waals surface area contributed by atoms with E-state index < -0.39 is 0 Å². The third-order valence-corrected chi connectivity index (χ3v) is 2.94. The zero-order valence-corrected chi connectivity index (χ0v) is 10.3. The summed E-state index contributed by atoms with van der Waals surface area (Å²) in [6, 6.07) is 10.4. The van der Waals surface area contributed by atoms with Crippen molar-refractivity contribution in [3.8, 4) is 5.69 Å². The van der Waals surface area contributed by atoms with Crippen molar-refractivity contribution in [3.05, 3.63) is 47.8 Å². The largest absolute Gasteiger partial charge is 0.237 e. The van der Waals surface area contributed by atoms with E-state index in [1.54, 1.807) is 6.20 Å². The van der Waals surface area contributed by atoms with Gasteiger partial charge in [0.15, 0.2) is 0 Å². The van der Waals surface area contributed by atoms with Crippen molar-refractivity contribution in [1.82, 2.24) is 9.78 Å². The first kappa shape index (κ1) is 11.2. The molecule has 2 rings (SSSR count). The Morgan fingerprint density at radius 2 is 1.88 bits per heavy atom. The van der Waals surface area contributed by atoms with E-state index in [-0.39, 0.29) is 0 Å². The van der Waals surface area contributed by atoms with Crippen molar-refractivity contribution in [1.29, 1.82) is 0 Å². The van der Waals surface area contributed by atoms with Crippen molar-refractivity contribution in [3.63, 3.8) is 0 Å². The fourth-order valence-electron chi connectivity index (χ4n) is 1.66. The molecule has 2 aromatic rings. The van der Waals surface area contributed by atoms with Gasteiger partial charge in [-0.15, -0.1) is 11.6 Å². The van der Waals surface area contributed by atoms with Crippen molar-refractivity contribution < 1.29 is 0 Å². The summed E-state index contributed by atoms with van der Waals surface area (Å²) in [6.07, 6.45) is 1.77. The molecule has 3 heteroatoms. The summed E-state index contributed by atoms with van der Waals surface area (Å²) in [5.41, 5.74) is 3.41. The molecular formula is C13H15ClN2. The highest BCUT2D eigenvalue weighted by Crippen LogP contribution is 2.18. The van der Waals surface area contributed by atoms with Gasteiger partial charge in [-0.2, -0.15) is 5.10 Å². The van der Waals surface area contributed by atoms with Gasteiger partial charge in [0.05, 0.1) is 17.3 Å². The predicted molar refractivity (Wildman–Crippen MR) is 67.2 cm³/mol. The topological polar surface area (TPSA) is 17.8 Å². The molecule has 0 fully saturated rings. The number of halogens is 1. The average Bonchev–Trinajstić information content (AvgIpc) is 2.77. The smallest absolute Gasteiger partial charge is 0.0649 e. The van der Waals surface area contributed by atoms with Gasteiger partial charge < -0.3 is 0 Å². The fourth-order valence-corrected chi connectivity index (χ4v) is 1.87. The van der Waals surface area contributed by atoms with E-state index in [9.17, 15) is 0 Å². The van der Waals surface area contributed by atoms with Crippen LogP contribution in [0.1, 0.15) is 31.0 Å². The Morgan fingerprint density at radius 3 is 2.44 bits per heavy atom. The quantitative estimate of drug-likeness (QED) is 0.740. The normalized spacial score (nSPS) is 11.0. The minimum atomic E-state index is 0.478. The molecule has 2 nitrogen and oxygen atoms in total. The highest BCUT2D eigenvalue weighted by molar-refractivity contribution is 6.16. The van der Waals surface area contributed by atoms with Crippen LogP contribution in [0.15, 0.2) is 36.5 Å². The number of rotatable bonds is 3. The third-order valence-electron chi connectivity index (χ3n) is 2.66. The van der Waals surface area contributed by atoms with E-state index in [0.29, 0.717) is 11.8 Å². The summed E-state index contributed by atoms with van der Waals surface area (Å²) in [6.45, 7) is 4.38. The summed E-state index contributed by atoms with van der Waals surface area (Å²) < 4.78 is 1.87. The van der Waals surface area contributed by atoms with Crippen molar-refractivity contribution >= 4 is 11.6 Å². The number of aromatic nitrogens is 2. The molecule has 0 saturated heterocycles. The number of hydrogen-bond donors (Lipinski definition) is 0. The van der Waals surface area contributed by atoms with Crippen LogP contribution in [0.3, 0.4) is 0 Å². The maximum absolute atomic E-state index is 5.84. The molecule has 0 unspecified atom stereocenters. The SMILES string of the molecule is CC(C)c1ccc(-n2nccc2CCl)cc1. The molecule has 0 spiro atoms. The van der Waals surface area contributed by atoms with E-state index in [0.717, 1.165) is 11.4 Å². The lowest BCUT2D eigenvalue weighted by Gasteiger charge is -2.08. The first-order valence-electron chi connectivity index (χ1n) is 5.41. The van der Waals surface area contributed by atoms with Gasteiger partial charge >= 0.3 is 0 Å². The van der Waals surface area contributed by atoms with Crippen LogP contribution < -0.4 is 0 Å². The van der Waals surface area contributed by atoms with Gasteiger partial charge in [-0.3, -0.25) is 0 Å². The second-order valence-electron chi connectivity index (χ2n) is 4.11. The molecular weight excluding hydrogens is 220 g/mol. The molecule has 0 saturated carbocycles. The Kier molecular flexibility index (Phi) is 3.30. The number of alkyl halides is 1. The van der Waals surface area contributed by atoms with Crippen molar-refractivity contribution in [2.24, 2.45) is 0 Å². The van der Waals surface area contributed by atoms with E-state index >= 15 is 0 Å². The van der Waals surface area contributed by atoms with Gasteiger partial charge in [0, 0.05) is 6.20 Å². The lowest BCUT2D eigenvalue weighted by Crippen LogP contribution is -2.00. The van der Waals surface area contributed by atoms with Crippen LogP contribution in [-0.2, 0) is 5.88 Å². The summed E-state index contributed by atoms with van der Waals surface area (Å²) in [4.78, 5) is 0. The van der Waals surface area contributed by atoms with Crippen molar-refractivity contribution in [2.45, 2.75) is 25.6 Å². The lowest BCUT2D eigenvalue weighted by molar-refractivity contribution is 0.831. The number of hydrogen-bond acceptors (Lipinski definition) is 1. The molecule has 16 heavy (non-hydrogen) atoms. The van der Waals surface area contributed by atoms with Gasteiger partial charge in [-0.1, -0.05) is 26.0 Å². The summed E-state index contributed by atoms with van der Waals surface area (Å²) in [7, 11) is 0. The minimum absolute atomic E-state index is 0.478. The van der Waals surface area contributed by atoms with Crippen LogP contribution in [0.25, 0.3) is 5.69 Å². The maximum atomic E-state index is 5.84. The molecule has 0 bridgehead atoms. The Morgan fingerprint density at radius 1 is 1.19 bits per heavy atom. The molecule has 0 radical (unpaired) electrons. The first-order valence-corrected chi connectivity index (χ1v) is 5.95. The van der Waals surface area contributed by atoms with E-state index in [1.165, 1.54) is 5.56 Å². The Bertz CT molecular complexity index is 457. The van der Waals surface area contributed by atoms with E-state index in [2.05, 4.69) is 43.2 Å². The van der Waals surface area contributed by atoms with Gasteiger partial charge in [-0.05, 0) is 29.7 Å². The molecule has 1 aromatic carbocycles. The van der Waals surface area contributed by atoms with E-state index in [1.807, 2.05) is 10.7 Å². The summed E-state index contributed by atoms with van der Waals surface area (Å²) in [5, 5.41) is 4.26. The monoisotopic (exact) mass is 234 g/mol. The van der Waals surface area contributed by atoms with Crippen LogP contribution in [0.4, 0.5) is 0 Å². The molecule has 0 aliphatic carbocycles. The predicted octanol–water partition coefficient (Wildman–Crippen LogP) is 3.73. The standard InChI is InChI=1S/C13H15ClN2/c1-10(2)11-3-5-12(6-4-11)16-13(9-14)7-8-15-16/h3-8,10H,9H2,1-2H3. The lowest BCUT2D eigenvalue weighted by atomic mass is 10.0. The second-order valence-corrected chi connectivity index (χ2v) is 4.38. The zero-order valence-electron chi connectivity index (χ0n) is 9.52. The van der Waals surface area contributed by atoms with E-state index in [4.69, 9.17) is 11.6 Å². The molecule has 1 aromatic heterocycles. The van der Waals surface area contributed by atoms with Crippen molar-refractivity contribution in [2.75, 3.05) is 0 Å². The highest BCUT2D eigenvalue weighted by Gasteiger charge is 2.04. The molecule has 0 amide bonds. The van der Waals surface area contributed by atoms with Crippen LogP contribution in [0.2, 0.25) is 0 Å². The Hall–Kier alpha value is -1.28. The summed E-state index contributed by atoms with van der Waals surface area (Å²) >= 11 is 5.84.